The average Bonchev–Trinajstić information content (AvgIpc) is 2.50. The largest absolute Gasteiger partial charge is 0.399 e. The predicted octanol–water partition coefficient (Wildman–Crippen LogP) is 4.28. The third-order valence-electron chi connectivity index (χ3n) is 4.60. The van der Waals surface area contributed by atoms with E-state index in [1.54, 1.807) is 0 Å². The van der Waals surface area contributed by atoms with Gasteiger partial charge in [0.25, 0.3) is 0 Å². The molecule has 1 aliphatic rings. The SMILES string of the molecule is CCN(c1cc(C)nc2ccc(N)cc12)C1CCCCC1. The summed E-state index contributed by atoms with van der Waals surface area (Å²) in [6.07, 6.45) is 6.70. The van der Waals surface area contributed by atoms with Gasteiger partial charge in [0.15, 0.2) is 0 Å². The third-order valence-corrected chi connectivity index (χ3v) is 4.60. The minimum absolute atomic E-state index is 0.662. The topological polar surface area (TPSA) is 42.2 Å². The molecular weight excluding hydrogens is 258 g/mol. The number of pyridine rings is 1. The molecule has 0 unspecified atom stereocenters. The Morgan fingerprint density at radius 2 is 1.95 bits per heavy atom. The Kier molecular flexibility index (Phi) is 4.00. The molecule has 3 heteroatoms. The minimum Gasteiger partial charge on any atom is -0.399 e. The molecule has 0 bridgehead atoms. The van der Waals surface area contributed by atoms with Crippen molar-refractivity contribution in [2.24, 2.45) is 0 Å². The standard InChI is InChI=1S/C18H25N3/c1-3-21(15-7-5-4-6-8-15)18-11-13(2)20-17-10-9-14(19)12-16(17)18/h9-12,15H,3-8,19H2,1-2H3. The number of anilines is 2. The molecule has 0 radical (unpaired) electrons. The van der Waals surface area contributed by atoms with Crippen molar-refractivity contribution in [3.05, 3.63) is 30.0 Å². The predicted molar refractivity (Wildman–Crippen MR) is 90.8 cm³/mol. The van der Waals surface area contributed by atoms with E-state index in [9.17, 15) is 0 Å². The van der Waals surface area contributed by atoms with Crippen LogP contribution in [0.3, 0.4) is 0 Å². The van der Waals surface area contributed by atoms with Crippen LogP contribution in [0.15, 0.2) is 24.3 Å². The highest BCUT2D eigenvalue weighted by molar-refractivity contribution is 5.94. The van der Waals surface area contributed by atoms with Crippen molar-refractivity contribution in [1.29, 1.82) is 0 Å². The van der Waals surface area contributed by atoms with Gasteiger partial charge >= 0.3 is 0 Å². The van der Waals surface area contributed by atoms with Crippen LogP contribution in [0, 0.1) is 6.92 Å². The maximum Gasteiger partial charge on any atom is 0.0727 e. The molecule has 0 amide bonds. The Morgan fingerprint density at radius 1 is 1.19 bits per heavy atom. The van der Waals surface area contributed by atoms with Crippen LogP contribution in [0.4, 0.5) is 11.4 Å². The summed E-state index contributed by atoms with van der Waals surface area (Å²) in [5.41, 5.74) is 10.3. The second kappa shape index (κ2) is 5.92. The highest BCUT2D eigenvalue weighted by atomic mass is 15.2. The van der Waals surface area contributed by atoms with E-state index in [4.69, 9.17) is 5.73 Å². The van der Waals surface area contributed by atoms with E-state index in [-0.39, 0.29) is 0 Å². The Labute approximate surface area is 127 Å². The van der Waals surface area contributed by atoms with Crippen LogP contribution in [0.25, 0.3) is 10.9 Å². The van der Waals surface area contributed by atoms with Crippen LogP contribution in [-0.4, -0.2) is 17.6 Å². The minimum atomic E-state index is 0.662. The van der Waals surface area contributed by atoms with E-state index in [0.717, 1.165) is 23.4 Å². The normalized spacial score (nSPS) is 16.3. The number of aryl methyl sites for hydroxylation is 1. The van der Waals surface area contributed by atoms with Gasteiger partial charge in [0.2, 0.25) is 0 Å². The van der Waals surface area contributed by atoms with Crippen molar-refractivity contribution in [3.63, 3.8) is 0 Å². The van der Waals surface area contributed by atoms with Crippen LogP contribution in [0.2, 0.25) is 0 Å². The van der Waals surface area contributed by atoms with Crippen molar-refractivity contribution in [2.75, 3.05) is 17.2 Å². The van der Waals surface area contributed by atoms with Crippen molar-refractivity contribution in [3.8, 4) is 0 Å². The van der Waals surface area contributed by atoms with Crippen LogP contribution >= 0.6 is 0 Å². The zero-order valence-electron chi connectivity index (χ0n) is 13.1. The van der Waals surface area contributed by atoms with Crippen LogP contribution < -0.4 is 10.6 Å². The van der Waals surface area contributed by atoms with Crippen molar-refractivity contribution >= 4 is 22.3 Å². The number of rotatable bonds is 3. The molecule has 1 saturated carbocycles. The Balaban J connectivity index is 2.09. The number of nitrogen functional groups attached to an aromatic ring is 1. The van der Waals surface area contributed by atoms with Gasteiger partial charge in [-0.15, -0.1) is 0 Å². The highest BCUT2D eigenvalue weighted by Crippen LogP contribution is 2.33. The molecule has 1 heterocycles. The van der Waals surface area contributed by atoms with Gasteiger partial charge in [-0.05, 0) is 51.0 Å². The maximum atomic E-state index is 6.00. The Bertz CT molecular complexity index is 630. The summed E-state index contributed by atoms with van der Waals surface area (Å²) in [6.45, 7) is 5.37. The molecule has 0 saturated heterocycles. The fraction of sp³-hybridized carbons (Fsp3) is 0.500. The van der Waals surface area contributed by atoms with Crippen molar-refractivity contribution in [1.82, 2.24) is 4.98 Å². The first-order valence-electron chi connectivity index (χ1n) is 8.12. The van der Waals surface area contributed by atoms with E-state index in [1.807, 2.05) is 12.1 Å². The molecule has 0 spiro atoms. The van der Waals surface area contributed by atoms with Gasteiger partial charge in [0.1, 0.15) is 0 Å². The molecule has 2 N–H and O–H groups in total. The molecular formula is C18H25N3. The van der Waals surface area contributed by atoms with E-state index in [0.29, 0.717) is 6.04 Å². The first kappa shape index (κ1) is 14.2. The van der Waals surface area contributed by atoms with Gasteiger partial charge in [0, 0.05) is 35.0 Å². The van der Waals surface area contributed by atoms with Crippen molar-refractivity contribution in [2.45, 2.75) is 52.0 Å². The molecule has 2 aromatic rings. The summed E-state index contributed by atoms with van der Waals surface area (Å²) in [5, 5.41) is 1.19. The fourth-order valence-electron chi connectivity index (χ4n) is 3.61. The van der Waals surface area contributed by atoms with E-state index >= 15 is 0 Å². The number of aromatic nitrogens is 1. The lowest BCUT2D eigenvalue weighted by molar-refractivity contribution is 0.418. The number of hydrogen-bond donors (Lipinski definition) is 1. The number of fused-ring (bicyclic) bond motifs is 1. The average molecular weight is 283 g/mol. The van der Waals surface area contributed by atoms with Gasteiger partial charge in [-0.3, -0.25) is 4.98 Å². The van der Waals surface area contributed by atoms with E-state index < -0.39 is 0 Å². The third kappa shape index (κ3) is 2.82. The lowest BCUT2D eigenvalue weighted by atomic mass is 9.93. The molecule has 21 heavy (non-hydrogen) atoms. The summed E-state index contributed by atoms with van der Waals surface area (Å²) in [5.74, 6) is 0. The fourth-order valence-corrected chi connectivity index (χ4v) is 3.61. The number of hydrogen-bond acceptors (Lipinski definition) is 3. The van der Waals surface area contributed by atoms with Gasteiger partial charge in [-0.1, -0.05) is 19.3 Å². The van der Waals surface area contributed by atoms with Gasteiger partial charge in [-0.2, -0.15) is 0 Å². The Morgan fingerprint density at radius 3 is 2.67 bits per heavy atom. The van der Waals surface area contributed by atoms with E-state index in [1.165, 1.54) is 43.2 Å². The lowest BCUT2D eigenvalue weighted by Gasteiger charge is -2.36. The zero-order chi connectivity index (χ0) is 14.8. The van der Waals surface area contributed by atoms with Gasteiger partial charge in [0.05, 0.1) is 5.52 Å². The van der Waals surface area contributed by atoms with Crippen LogP contribution in [0.1, 0.15) is 44.7 Å². The molecule has 1 aromatic heterocycles. The molecule has 3 nitrogen and oxygen atoms in total. The second-order valence-corrected chi connectivity index (χ2v) is 6.14. The molecule has 1 fully saturated rings. The lowest BCUT2D eigenvalue weighted by Crippen LogP contribution is -2.36. The first-order chi connectivity index (χ1) is 10.2. The first-order valence-corrected chi connectivity index (χ1v) is 8.12. The van der Waals surface area contributed by atoms with Crippen LogP contribution in [-0.2, 0) is 0 Å². The summed E-state index contributed by atoms with van der Waals surface area (Å²) >= 11 is 0. The van der Waals surface area contributed by atoms with Gasteiger partial charge < -0.3 is 10.6 Å². The number of benzene rings is 1. The summed E-state index contributed by atoms with van der Waals surface area (Å²) in [6, 6.07) is 8.93. The van der Waals surface area contributed by atoms with E-state index in [2.05, 4.69) is 35.9 Å². The second-order valence-electron chi connectivity index (χ2n) is 6.14. The summed E-state index contributed by atoms with van der Waals surface area (Å²) in [4.78, 5) is 7.22. The number of nitrogens with zero attached hydrogens (tertiary/aromatic N) is 2. The molecule has 112 valence electrons. The molecule has 1 aromatic carbocycles. The maximum absolute atomic E-state index is 6.00. The smallest absolute Gasteiger partial charge is 0.0727 e. The number of nitrogens with two attached hydrogens (primary N) is 1. The quantitative estimate of drug-likeness (QED) is 0.855. The molecule has 3 rings (SSSR count). The summed E-state index contributed by atoms with van der Waals surface area (Å²) < 4.78 is 0. The highest BCUT2D eigenvalue weighted by Gasteiger charge is 2.22. The van der Waals surface area contributed by atoms with Crippen molar-refractivity contribution < 1.29 is 0 Å². The molecule has 1 aliphatic carbocycles. The monoisotopic (exact) mass is 283 g/mol. The zero-order valence-corrected chi connectivity index (χ0v) is 13.1. The van der Waals surface area contributed by atoms with Gasteiger partial charge in [-0.25, -0.2) is 0 Å². The van der Waals surface area contributed by atoms with Crippen LogP contribution in [0.5, 0.6) is 0 Å². The molecule has 0 atom stereocenters. The Hall–Kier alpha value is -1.77. The summed E-state index contributed by atoms with van der Waals surface area (Å²) in [7, 11) is 0. The molecule has 0 aliphatic heterocycles.